The average molecular weight is 473 g/mol. The number of phenolic OH excluding ortho intramolecular Hbond substituents is 1. The number of rotatable bonds is 5. The van der Waals surface area contributed by atoms with Crippen molar-refractivity contribution in [2.75, 3.05) is 26.2 Å². The van der Waals surface area contributed by atoms with Gasteiger partial charge < -0.3 is 15.1 Å². The van der Waals surface area contributed by atoms with Gasteiger partial charge in [0.2, 0.25) is 0 Å². The molecule has 1 aromatic heterocycles. The van der Waals surface area contributed by atoms with Crippen molar-refractivity contribution in [1.29, 1.82) is 0 Å². The molecule has 1 aliphatic carbocycles. The van der Waals surface area contributed by atoms with Crippen LogP contribution in [0.3, 0.4) is 0 Å². The second-order valence-electron chi connectivity index (χ2n) is 10.9. The molecule has 6 nitrogen and oxygen atoms in total. The first kappa shape index (κ1) is 22.8. The number of phenols is 1. The molecule has 2 aromatic carbocycles. The van der Waals surface area contributed by atoms with E-state index in [2.05, 4.69) is 64.4 Å². The number of aryl methyl sites for hydroxylation is 1. The molecule has 0 saturated carbocycles. The van der Waals surface area contributed by atoms with Crippen molar-refractivity contribution in [2.45, 2.75) is 62.8 Å². The summed E-state index contributed by atoms with van der Waals surface area (Å²) >= 11 is 0. The van der Waals surface area contributed by atoms with E-state index in [9.17, 15) is 10.2 Å². The van der Waals surface area contributed by atoms with Crippen LogP contribution in [0, 0.1) is 6.92 Å². The number of aromatic hydroxyl groups is 1. The number of hydrogen-bond acceptors (Lipinski definition) is 5. The van der Waals surface area contributed by atoms with Crippen LogP contribution in [0.5, 0.6) is 5.75 Å². The monoisotopic (exact) mass is 472 g/mol. The van der Waals surface area contributed by atoms with Crippen molar-refractivity contribution in [3.8, 4) is 5.75 Å². The second kappa shape index (κ2) is 8.77. The van der Waals surface area contributed by atoms with Crippen molar-refractivity contribution in [3.63, 3.8) is 0 Å². The standard InChI is InChI=1S/C29H36N4O2/c1-22-19-30-33(20-22)16-15-31-12-9-28-10-14-32(21-23-5-3-2-4-6-23)27(29(28,35)11-13-31)17-24-7-8-25(34)18-26(24)28/h2-8,18-20,27,34-35H,9-17,21H2,1H3. The van der Waals surface area contributed by atoms with Gasteiger partial charge in [-0.05, 0) is 80.1 Å². The summed E-state index contributed by atoms with van der Waals surface area (Å²) in [6.07, 6.45) is 7.40. The molecule has 2 fully saturated rings. The van der Waals surface area contributed by atoms with Gasteiger partial charge in [-0.25, -0.2) is 0 Å². The van der Waals surface area contributed by atoms with E-state index in [0.717, 1.165) is 65.0 Å². The molecule has 2 saturated heterocycles. The third-order valence-corrected chi connectivity index (χ3v) is 8.97. The van der Waals surface area contributed by atoms with Gasteiger partial charge in [-0.2, -0.15) is 5.10 Å². The highest BCUT2D eigenvalue weighted by atomic mass is 16.3. The zero-order chi connectivity index (χ0) is 24.0. The molecule has 35 heavy (non-hydrogen) atoms. The molecule has 3 atom stereocenters. The van der Waals surface area contributed by atoms with Gasteiger partial charge in [-0.3, -0.25) is 9.58 Å². The van der Waals surface area contributed by atoms with E-state index in [1.54, 1.807) is 0 Å². The maximum absolute atomic E-state index is 12.7. The Morgan fingerprint density at radius 1 is 1.00 bits per heavy atom. The van der Waals surface area contributed by atoms with Crippen molar-refractivity contribution in [1.82, 2.24) is 19.6 Å². The van der Waals surface area contributed by atoms with Crippen LogP contribution in [-0.2, 0) is 24.9 Å². The molecular formula is C29H36N4O2. The minimum Gasteiger partial charge on any atom is -0.508 e. The van der Waals surface area contributed by atoms with Crippen LogP contribution in [-0.4, -0.2) is 67.6 Å². The minimum atomic E-state index is -0.822. The van der Waals surface area contributed by atoms with E-state index in [1.165, 1.54) is 22.3 Å². The number of hydrogen-bond donors (Lipinski definition) is 2. The van der Waals surface area contributed by atoms with Gasteiger partial charge in [0.15, 0.2) is 0 Å². The van der Waals surface area contributed by atoms with Crippen molar-refractivity contribution < 1.29 is 10.2 Å². The van der Waals surface area contributed by atoms with Crippen molar-refractivity contribution in [2.24, 2.45) is 0 Å². The number of aromatic nitrogens is 2. The lowest BCUT2D eigenvalue weighted by atomic mass is 9.52. The predicted molar refractivity (Wildman–Crippen MR) is 136 cm³/mol. The summed E-state index contributed by atoms with van der Waals surface area (Å²) in [7, 11) is 0. The summed E-state index contributed by atoms with van der Waals surface area (Å²) in [6.45, 7) is 7.51. The summed E-state index contributed by atoms with van der Waals surface area (Å²) in [6, 6.07) is 16.6. The Morgan fingerprint density at radius 2 is 1.80 bits per heavy atom. The summed E-state index contributed by atoms with van der Waals surface area (Å²) in [4.78, 5) is 5.02. The number of likely N-dealkylation sites (tertiary alicyclic amines) is 2. The number of piperidine rings is 1. The summed E-state index contributed by atoms with van der Waals surface area (Å²) in [5.41, 5.74) is 3.80. The van der Waals surface area contributed by atoms with Crippen LogP contribution in [0.4, 0.5) is 0 Å². The van der Waals surface area contributed by atoms with Crippen LogP contribution >= 0.6 is 0 Å². The fourth-order valence-electron chi connectivity index (χ4n) is 7.13. The molecule has 2 N–H and O–H groups in total. The maximum Gasteiger partial charge on any atom is 0.115 e. The molecule has 0 radical (unpaired) electrons. The lowest BCUT2D eigenvalue weighted by Crippen LogP contribution is -2.71. The first-order valence-corrected chi connectivity index (χ1v) is 13.0. The molecular weight excluding hydrogens is 436 g/mol. The zero-order valence-corrected chi connectivity index (χ0v) is 20.6. The molecule has 2 aliphatic heterocycles. The Hall–Kier alpha value is -2.67. The quantitative estimate of drug-likeness (QED) is 0.595. The normalized spacial score (nSPS) is 28.8. The Kier molecular flexibility index (Phi) is 5.71. The van der Waals surface area contributed by atoms with E-state index in [1.807, 2.05) is 23.0 Å². The van der Waals surface area contributed by atoms with Crippen LogP contribution in [0.2, 0.25) is 0 Å². The Balaban J connectivity index is 1.32. The average Bonchev–Trinajstić information content (AvgIpc) is 3.20. The highest BCUT2D eigenvalue weighted by Crippen LogP contribution is 2.56. The molecule has 0 spiro atoms. The van der Waals surface area contributed by atoms with Gasteiger partial charge >= 0.3 is 0 Å². The van der Waals surface area contributed by atoms with E-state index < -0.39 is 5.60 Å². The van der Waals surface area contributed by atoms with Gasteiger partial charge in [0, 0.05) is 37.3 Å². The fraction of sp³-hybridized carbons (Fsp3) is 0.483. The molecule has 3 aliphatic rings. The topological polar surface area (TPSA) is 64.8 Å². The second-order valence-corrected chi connectivity index (χ2v) is 10.9. The molecule has 6 rings (SSSR count). The van der Waals surface area contributed by atoms with Gasteiger partial charge in [0.1, 0.15) is 5.75 Å². The largest absolute Gasteiger partial charge is 0.508 e. The summed E-state index contributed by atoms with van der Waals surface area (Å²) in [5, 5.41) is 27.5. The van der Waals surface area contributed by atoms with Crippen LogP contribution in [0.25, 0.3) is 0 Å². The van der Waals surface area contributed by atoms with Gasteiger partial charge in [-0.15, -0.1) is 0 Å². The van der Waals surface area contributed by atoms with Crippen molar-refractivity contribution in [3.05, 3.63) is 83.2 Å². The van der Waals surface area contributed by atoms with Crippen LogP contribution in [0.15, 0.2) is 60.9 Å². The lowest BCUT2D eigenvalue weighted by molar-refractivity contribution is -0.150. The SMILES string of the molecule is Cc1cnn(CCN2CCC34CCN(Cc5ccccc5)C(Cc5ccc(O)cc53)C4(O)CC2)c1. The predicted octanol–water partition coefficient (Wildman–Crippen LogP) is 3.49. The van der Waals surface area contributed by atoms with Crippen molar-refractivity contribution >= 4 is 0 Å². The lowest BCUT2D eigenvalue weighted by Gasteiger charge is -2.61. The summed E-state index contributed by atoms with van der Waals surface area (Å²) in [5.74, 6) is 0.306. The minimum absolute atomic E-state index is 0.0715. The van der Waals surface area contributed by atoms with Crippen LogP contribution < -0.4 is 0 Å². The third-order valence-electron chi connectivity index (χ3n) is 8.97. The van der Waals surface area contributed by atoms with Crippen LogP contribution in [0.1, 0.15) is 41.5 Å². The highest BCUT2D eigenvalue weighted by Gasteiger charge is 2.62. The third kappa shape index (κ3) is 3.88. The maximum atomic E-state index is 12.7. The first-order chi connectivity index (χ1) is 17.0. The van der Waals surface area contributed by atoms with Gasteiger partial charge in [0.25, 0.3) is 0 Å². The number of benzene rings is 2. The van der Waals surface area contributed by atoms with E-state index in [-0.39, 0.29) is 11.5 Å². The fourth-order valence-corrected chi connectivity index (χ4v) is 7.13. The molecule has 3 heterocycles. The Morgan fingerprint density at radius 3 is 2.60 bits per heavy atom. The molecule has 3 aromatic rings. The van der Waals surface area contributed by atoms with E-state index in [4.69, 9.17) is 0 Å². The Bertz CT molecular complexity index is 1190. The smallest absolute Gasteiger partial charge is 0.115 e. The number of nitrogens with zero attached hydrogens (tertiary/aromatic N) is 4. The van der Waals surface area contributed by atoms with Gasteiger partial charge in [0.05, 0.1) is 18.3 Å². The van der Waals surface area contributed by atoms with E-state index >= 15 is 0 Å². The first-order valence-electron chi connectivity index (χ1n) is 13.0. The highest BCUT2D eigenvalue weighted by molar-refractivity contribution is 5.48. The molecule has 2 bridgehead atoms. The van der Waals surface area contributed by atoms with Gasteiger partial charge in [-0.1, -0.05) is 36.4 Å². The summed E-state index contributed by atoms with van der Waals surface area (Å²) < 4.78 is 2.02. The Labute approximate surface area is 207 Å². The molecule has 6 heteroatoms. The molecule has 184 valence electrons. The number of fused-ring (bicyclic) bond motifs is 1. The molecule has 0 amide bonds. The zero-order valence-electron chi connectivity index (χ0n) is 20.6. The molecule has 3 unspecified atom stereocenters. The van der Waals surface area contributed by atoms with E-state index in [0.29, 0.717) is 5.75 Å². The number of aliphatic hydroxyl groups is 1.